The van der Waals surface area contributed by atoms with E-state index in [2.05, 4.69) is 10.1 Å². The van der Waals surface area contributed by atoms with Gasteiger partial charge < -0.3 is 4.74 Å². The Hall–Kier alpha value is -2.03. The SMILES string of the molecule is Cc1c(C2=CC3(CC2)CNC3OC(=O)C(F)(F)F)cccc1C(F)(F)F. The molecule has 1 N–H and O–H groups in total. The van der Waals surface area contributed by atoms with Crippen LogP contribution < -0.4 is 5.32 Å². The summed E-state index contributed by atoms with van der Waals surface area (Å²) in [6.07, 6.45) is -8.30. The Morgan fingerprint density at radius 2 is 1.92 bits per heavy atom. The van der Waals surface area contributed by atoms with Gasteiger partial charge in [0.15, 0.2) is 6.23 Å². The Morgan fingerprint density at radius 3 is 2.46 bits per heavy atom. The Balaban J connectivity index is 1.86. The number of nitrogens with one attached hydrogen (secondary N) is 1. The summed E-state index contributed by atoms with van der Waals surface area (Å²) in [5, 5.41) is 2.64. The Bertz CT molecular complexity index is 767. The molecule has 2 unspecified atom stereocenters. The van der Waals surface area contributed by atoms with Crippen molar-refractivity contribution in [2.75, 3.05) is 6.54 Å². The van der Waals surface area contributed by atoms with E-state index in [1.807, 2.05) is 0 Å². The topological polar surface area (TPSA) is 38.3 Å². The third-order valence-electron chi connectivity index (χ3n) is 4.90. The van der Waals surface area contributed by atoms with Crippen molar-refractivity contribution in [1.82, 2.24) is 5.32 Å². The summed E-state index contributed by atoms with van der Waals surface area (Å²) < 4.78 is 80.8. The number of carbonyl (C=O) groups is 1. The number of hydrogen-bond donors (Lipinski definition) is 1. The van der Waals surface area contributed by atoms with E-state index in [0.717, 1.165) is 6.07 Å². The average molecular weight is 379 g/mol. The molecule has 1 heterocycles. The molecule has 1 saturated heterocycles. The van der Waals surface area contributed by atoms with Gasteiger partial charge in [-0.2, -0.15) is 26.3 Å². The van der Waals surface area contributed by atoms with Crippen LogP contribution in [-0.4, -0.2) is 24.9 Å². The van der Waals surface area contributed by atoms with Crippen molar-refractivity contribution in [3.63, 3.8) is 0 Å². The lowest BCUT2D eigenvalue weighted by atomic mass is 9.79. The van der Waals surface area contributed by atoms with Crippen LogP contribution in [0.5, 0.6) is 0 Å². The summed E-state index contributed by atoms with van der Waals surface area (Å²) >= 11 is 0. The maximum atomic E-state index is 13.1. The van der Waals surface area contributed by atoms with Crippen LogP contribution >= 0.6 is 0 Å². The summed E-state index contributed by atoms with van der Waals surface area (Å²) in [6.45, 7) is 1.66. The fourth-order valence-electron chi connectivity index (χ4n) is 3.49. The van der Waals surface area contributed by atoms with Crippen LogP contribution in [0.2, 0.25) is 0 Å². The van der Waals surface area contributed by atoms with E-state index >= 15 is 0 Å². The first-order chi connectivity index (χ1) is 11.9. The van der Waals surface area contributed by atoms with E-state index in [0.29, 0.717) is 30.5 Å². The van der Waals surface area contributed by atoms with Crippen molar-refractivity contribution in [3.8, 4) is 0 Å². The van der Waals surface area contributed by atoms with Gasteiger partial charge in [-0.25, -0.2) is 4.79 Å². The first-order valence-corrected chi connectivity index (χ1v) is 7.84. The maximum Gasteiger partial charge on any atom is 0.490 e. The second kappa shape index (κ2) is 6.00. The molecule has 0 aromatic heterocycles. The highest BCUT2D eigenvalue weighted by molar-refractivity contribution is 5.76. The number of ether oxygens (including phenoxy) is 1. The van der Waals surface area contributed by atoms with E-state index in [1.165, 1.54) is 13.0 Å². The highest BCUT2D eigenvalue weighted by Crippen LogP contribution is 2.48. The number of rotatable bonds is 2. The monoisotopic (exact) mass is 379 g/mol. The van der Waals surface area contributed by atoms with Crippen molar-refractivity contribution in [2.45, 2.75) is 38.3 Å². The van der Waals surface area contributed by atoms with Gasteiger partial charge in [0.2, 0.25) is 0 Å². The quantitative estimate of drug-likeness (QED) is 0.618. The number of esters is 1. The number of benzene rings is 1. The highest BCUT2D eigenvalue weighted by Gasteiger charge is 2.53. The fraction of sp³-hybridized carbons (Fsp3) is 0.471. The predicted molar refractivity (Wildman–Crippen MR) is 79.8 cm³/mol. The van der Waals surface area contributed by atoms with Gasteiger partial charge in [-0.05, 0) is 42.5 Å². The van der Waals surface area contributed by atoms with Gasteiger partial charge >= 0.3 is 18.3 Å². The van der Waals surface area contributed by atoms with Crippen LogP contribution in [0.25, 0.3) is 5.57 Å². The highest BCUT2D eigenvalue weighted by atomic mass is 19.4. The smallest absolute Gasteiger partial charge is 0.439 e. The minimum atomic E-state index is -5.10. The molecule has 0 bridgehead atoms. The lowest BCUT2D eigenvalue weighted by Gasteiger charge is -2.45. The van der Waals surface area contributed by atoms with Gasteiger partial charge in [0.25, 0.3) is 0 Å². The fourth-order valence-corrected chi connectivity index (χ4v) is 3.49. The molecule has 1 fully saturated rings. The molecule has 0 amide bonds. The molecule has 1 aromatic carbocycles. The van der Waals surface area contributed by atoms with E-state index < -0.39 is 35.5 Å². The van der Waals surface area contributed by atoms with Crippen molar-refractivity contribution in [3.05, 3.63) is 41.0 Å². The molecule has 2 atom stereocenters. The molecule has 142 valence electrons. The zero-order chi connectivity index (χ0) is 19.3. The molecule has 0 saturated carbocycles. The van der Waals surface area contributed by atoms with Crippen molar-refractivity contribution < 1.29 is 35.9 Å². The second-order valence-corrected chi connectivity index (χ2v) is 6.54. The van der Waals surface area contributed by atoms with Gasteiger partial charge in [0.05, 0.1) is 11.0 Å². The first kappa shape index (κ1) is 18.8. The molecular weight excluding hydrogens is 364 g/mol. The molecule has 3 nitrogen and oxygen atoms in total. The summed E-state index contributed by atoms with van der Waals surface area (Å²) in [5.74, 6) is -2.29. The van der Waals surface area contributed by atoms with Crippen molar-refractivity contribution >= 4 is 11.5 Å². The summed E-state index contributed by atoms with van der Waals surface area (Å²) in [6, 6.07) is 3.85. The van der Waals surface area contributed by atoms with Crippen LogP contribution in [-0.2, 0) is 15.7 Å². The van der Waals surface area contributed by atoms with E-state index in [4.69, 9.17) is 0 Å². The van der Waals surface area contributed by atoms with Gasteiger partial charge in [0.1, 0.15) is 0 Å². The molecule has 9 heteroatoms. The maximum absolute atomic E-state index is 13.1. The Kier molecular flexibility index (Phi) is 4.33. The summed E-state index contributed by atoms with van der Waals surface area (Å²) in [7, 11) is 0. The molecule has 1 aromatic rings. The Labute approximate surface area is 145 Å². The van der Waals surface area contributed by atoms with Gasteiger partial charge in [-0.3, -0.25) is 5.32 Å². The normalized spacial score (nSPS) is 25.8. The molecule has 26 heavy (non-hydrogen) atoms. The zero-order valence-electron chi connectivity index (χ0n) is 13.6. The van der Waals surface area contributed by atoms with Gasteiger partial charge in [-0.15, -0.1) is 0 Å². The molecular formula is C17H15F6NO2. The molecule has 2 aliphatic rings. The minimum Gasteiger partial charge on any atom is -0.439 e. The molecule has 3 rings (SSSR count). The second-order valence-electron chi connectivity index (χ2n) is 6.54. The van der Waals surface area contributed by atoms with E-state index in [-0.39, 0.29) is 5.56 Å². The predicted octanol–water partition coefficient (Wildman–Crippen LogP) is 4.21. The molecule has 1 aliphatic heterocycles. The summed E-state index contributed by atoms with van der Waals surface area (Å²) in [4.78, 5) is 11.0. The van der Waals surface area contributed by atoms with Gasteiger partial charge in [-0.1, -0.05) is 18.2 Å². The largest absolute Gasteiger partial charge is 0.490 e. The number of alkyl halides is 6. The van der Waals surface area contributed by atoms with Crippen LogP contribution in [0.3, 0.4) is 0 Å². The van der Waals surface area contributed by atoms with E-state index in [9.17, 15) is 31.1 Å². The van der Waals surface area contributed by atoms with Crippen molar-refractivity contribution in [2.24, 2.45) is 5.41 Å². The number of allylic oxidation sites excluding steroid dienone is 1. The van der Waals surface area contributed by atoms with Crippen LogP contribution in [0.15, 0.2) is 24.3 Å². The number of carbonyl (C=O) groups excluding carboxylic acids is 1. The Morgan fingerprint density at radius 1 is 1.23 bits per heavy atom. The first-order valence-electron chi connectivity index (χ1n) is 7.84. The molecule has 1 aliphatic carbocycles. The van der Waals surface area contributed by atoms with Crippen LogP contribution in [0.4, 0.5) is 26.3 Å². The van der Waals surface area contributed by atoms with Crippen LogP contribution in [0, 0.1) is 12.3 Å². The third kappa shape index (κ3) is 3.20. The average Bonchev–Trinajstić information content (AvgIpc) is 2.97. The van der Waals surface area contributed by atoms with Gasteiger partial charge in [0, 0.05) is 6.54 Å². The lowest BCUT2D eigenvalue weighted by molar-refractivity contribution is -0.218. The van der Waals surface area contributed by atoms with Crippen molar-refractivity contribution in [1.29, 1.82) is 0 Å². The standard InChI is InChI=1S/C17H15F6NO2/c1-9-11(3-2-4-12(9)16(18,19)20)10-5-6-15(7-10)8-24-13(15)26-14(25)17(21,22)23/h2-4,7,13,24H,5-6,8H2,1H3. The number of hydrogen-bond acceptors (Lipinski definition) is 3. The molecule has 0 radical (unpaired) electrons. The third-order valence-corrected chi connectivity index (χ3v) is 4.90. The minimum absolute atomic E-state index is 0.0689. The number of halogens is 6. The van der Waals surface area contributed by atoms with Crippen LogP contribution in [0.1, 0.15) is 29.5 Å². The summed E-state index contributed by atoms with van der Waals surface area (Å²) in [5.41, 5.74) is -0.479. The molecule has 1 spiro atoms. The lowest BCUT2D eigenvalue weighted by Crippen LogP contribution is -2.63. The van der Waals surface area contributed by atoms with E-state index in [1.54, 1.807) is 12.1 Å². The zero-order valence-corrected chi connectivity index (χ0v) is 13.6.